The van der Waals surface area contributed by atoms with E-state index in [1.54, 1.807) is 54.4 Å². The van der Waals surface area contributed by atoms with E-state index in [1.165, 1.54) is 0 Å². The Hall–Kier alpha value is -3.26. The lowest BCUT2D eigenvalue weighted by Crippen LogP contribution is -2.27. The molecule has 27 heavy (non-hydrogen) atoms. The first kappa shape index (κ1) is 18.5. The maximum atomic E-state index is 12.6. The van der Waals surface area contributed by atoms with Gasteiger partial charge in [-0.15, -0.1) is 0 Å². The second kappa shape index (κ2) is 8.91. The molecule has 8 nitrogen and oxygen atoms in total. The molecule has 0 saturated carbocycles. The Labute approximate surface area is 156 Å². The number of pyridine rings is 2. The van der Waals surface area contributed by atoms with E-state index in [9.17, 15) is 9.59 Å². The van der Waals surface area contributed by atoms with Crippen LogP contribution in [0.3, 0.4) is 0 Å². The lowest BCUT2D eigenvalue weighted by Gasteiger charge is -2.04. The molecule has 2 N–H and O–H groups in total. The molecule has 0 atom stereocenters. The molecular weight excluding hydrogens is 346 g/mol. The van der Waals surface area contributed by atoms with Gasteiger partial charge in [0, 0.05) is 45.4 Å². The number of fused-ring (bicyclic) bond motifs is 1. The van der Waals surface area contributed by atoms with E-state index in [0.29, 0.717) is 31.6 Å². The number of carbonyl (C=O) groups excluding carboxylic acids is 2. The first-order valence-corrected chi connectivity index (χ1v) is 8.62. The van der Waals surface area contributed by atoms with Crippen molar-refractivity contribution in [3.63, 3.8) is 0 Å². The summed E-state index contributed by atoms with van der Waals surface area (Å²) in [4.78, 5) is 33.4. The molecule has 2 amide bonds. The first-order valence-electron chi connectivity index (χ1n) is 8.62. The number of nitrogens with one attached hydrogen (secondary N) is 2. The van der Waals surface area contributed by atoms with E-state index in [0.717, 1.165) is 5.56 Å². The Bertz CT molecular complexity index is 923. The zero-order valence-corrected chi connectivity index (χ0v) is 15.0. The van der Waals surface area contributed by atoms with E-state index < -0.39 is 0 Å². The second-order valence-electron chi connectivity index (χ2n) is 5.89. The van der Waals surface area contributed by atoms with Crippen molar-refractivity contribution < 1.29 is 14.3 Å². The third kappa shape index (κ3) is 4.48. The van der Waals surface area contributed by atoms with Gasteiger partial charge in [-0.25, -0.2) is 4.98 Å². The van der Waals surface area contributed by atoms with Crippen LogP contribution in [0, 0.1) is 0 Å². The lowest BCUT2D eigenvalue weighted by atomic mass is 10.3. The van der Waals surface area contributed by atoms with Crippen LogP contribution in [-0.4, -0.2) is 46.4 Å². The molecule has 3 aromatic heterocycles. The fourth-order valence-electron chi connectivity index (χ4n) is 2.63. The van der Waals surface area contributed by atoms with Crippen molar-refractivity contribution in [1.82, 2.24) is 25.0 Å². The minimum absolute atomic E-state index is 0.163. The van der Waals surface area contributed by atoms with Crippen molar-refractivity contribution in [3.05, 3.63) is 66.0 Å². The topological polar surface area (TPSA) is 97.6 Å². The zero-order valence-electron chi connectivity index (χ0n) is 15.0. The van der Waals surface area contributed by atoms with E-state index in [1.807, 2.05) is 6.07 Å². The number of hydrogen-bond donors (Lipinski definition) is 2. The molecule has 140 valence electrons. The van der Waals surface area contributed by atoms with Crippen LogP contribution in [0.1, 0.15) is 33.1 Å². The quantitative estimate of drug-likeness (QED) is 0.587. The Morgan fingerprint density at radius 2 is 2.04 bits per heavy atom. The summed E-state index contributed by atoms with van der Waals surface area (Å²) in [6.45, 7) is 1.36. The number of methoxy groups -OCH3 is 1. The highest BCUT2D eigenvalue weighted by molar-refractivity contribution is 6.02. The van der Waals surface area contributed by atoms with Gasteiger partial charge < -0.3 is 15.4 Å². The van der Waals surface area contributed by atoms with Gasteiger partial charge in [0.15, 0.2) is 5.69 Å². The molecule has 0 aliphatic carbocycles. The van der Waals surface area contributed by atoms with Gasteiger partial charge in [-0.2, -0.15) is 0 Å². The molecule has 3 rings (SSSR count). The molecule has 8 heteroatoms. The molecule has 3 heterocycles. The van der Waals surface area contributed by atoms with Crippen LogP contribution in [-0.2, 0) is 11.3 Å². The molecule has 0 aliphatic heterocycles. The summed E-state index contributed by atoms with van der Waals surface area (Å²) < 4.78 is 6.58. The summed E-state index contributed by atoms with van der Waals surface area (Å²) in [7, 11) is 1.61. The average Bonchev–Trinajstić information content (AvgIpc) is 3.10. The minimum atomic E-state index is -0.363. The van der Waals surface area contributed by atoms with Gasteiger partial charge in [0.25, 0.3) is 11.8 Å². The van der Waals surface area contributed by atoms with Crippen LogP contribution in [0.2, 0.25) is 0 Å². The lowest BCUT2D eigenvalue weighted by molar-refractivity contribution is 0.0939. The Morgan fingerprint density at radius 1 is 1.15 bits per heavy atom. The highest BCUT2D eigenvalue weighted by atomic mass is 16.5. The maximum absolute atomic E-state index is 12.6. The largest absolute Gasteiger partial charge is 0.385 e. The van der Waals surface area contributed by atoms with Crippen LogP contribution in [0.15, 0.2) is 48.9 Å². The van der Waals surface area contributed by atoms with E-state index in [4.69, 9.17) is 4.74 Å². The fourth-order valence-corrected chi connectivity index (χ4v) is 2.63. The van der Waals surface area contributed by atoms with Crippen LogP contribution in [0.5, 0.6) is 0 Å². The predicted molar refractivity (Wildman–Crippen MR) is 99.4 cm³/mol. The van der Waals surface area contributed by atoms with Crippen molar-refractivity contribution in [2.45, 2.75) is 13.0 Å². The van der Waals surface area contributed by atoms with Crippen molar-refractivity contribution in [2.24, 2.45) is 0 Å². The molecule has 0 bridgehead atoms. The Morgan fingerprint density at radius 3 is 2.81 bits per heavy atom. The van der Waals surface area contributed by atoms with Crippen molar-refractivity contribution in [3.8, 4) is 0 Å². The minimum Gasteiger partial charge on any atom is -0.385 e. The van der Waals surface area contributed by atoms with Crippen LogP contribution in [0.25, 0.3) is 5.52 Å². The van der Waals surface area contributed by atoms with Gasteiger partial charge in [-0.05, 0) is 30.2 Å². The smallest absolute Gasteiger partial charge is 0.287 e. The summed E-state index contributed by atoms with van der Waals surface area (Å²) in [5, 5.41) is 5.61. The summed E-state index contributed by atoms with van der Waals surface area (Å²) in [5.41, 5.74) is 1.68. The highest BCUT2D eigenvalue weighted by Gasteiger charge is 2.21. The Kier molecular flexibility index (Phi) is 6.11. The SMILES string of the molecule is COCCCNC(=O)c1nc(C(=O)NCc2cccnc2)n2ccccc12. The van der Waals surface area contributed by atoms with Crippen LogP contribution < -0.4 is 10.6 Å². The van der Waals surface area contributed by atoms with Crippen molar-refractivity contribution in [1.29, 1.82) is 0 Å². The molecule has 0 aliphatic rings. The van der Waals surface area contributed by atoms with Gasteiger partial charge in [0.2, 0.25) is 5.82 Å². The summed E-state index contributed by atoms with van der Waals surface area (Å²) in [5.74, 6) is -0.517. The van der Waals surface area contributed by atoms with E-state index in [2.05, 4.69) is 20.6 Å². The number of amides is 2. The highest BCUT2D eigenvalue weighted by Crippen LogP contribution is 2.13. The number of rotatable bonds is 8. The molecule has 3 aromatic rings. The molecule has 0 fully saturated rings. The standard InChI is InChI=1S/C19H21N5O3/c1-27-11-5-9-21-18(25)16-15-7-2-3-10-24(15)17(23-16)19(26)22-13-14-6-4-8-20-12-14/h2-4,6-8,10,12H,5,9,11,13H2,1H3,(H,21,25)(H,22,26). The average molecular weight is 367 g/mol. The number of aromatic nitrogens is 3. The van der Waals surface area contributed by atoms with Crippen LogP contribution in [0.4, 0.5) is 0 Å². The molecule has 0 spiro atoms. The van der Waals surface area contributed by atoms with Gasteiger partial charge in [0.1, 0.15) is 0 Å². The third-order valence-electron chi connectivity index (χ3n) is 3.95. The van der Waals surface area contributed by atoms with E-state index >= 15 is 0 Å². The van der Waals surface area contributed by atoms with E-state index in [-0.39, 0.29) is 23.3 Å². The molecule has 0 saturated heterocycles. The predicted octanol–water partition coefficient (Wildman–Crippen LogP) is 1.43. The first-order chi connectivity index (χ1) is 13.2. The third-order valence-corrected chi connectivity index (χ3v) is 3.95. The summed E-state index contributed by atoms with van der Waals surface area (Å²) >= 11 is 0. The number of carbonyl (C=O) groups is 2. The normalized spacial score (nSPS) is 10.7. The van der Waals surface area contributed by atoms with Crippen molar-refractivity contribution in [2.75, 3.05) is 20.3 Å². The number of hydrogen-bond acceptors (Lipinski definition) is 5. The van der Waals surface area contributed by atoms with Gasteiger partial charge >= 0.3 is 0 Å². The Balaban J connectivity index is 1.77. The molecule has 0 radical (unpaired) electrons. The molecular formula is C19H21N5O3. The molecule has 0 unspecified atom stereocenters. The number of ether oxygens (including phenoxy) is 1. The summed E-state index contributed by atoms with van der Waals surface area (Å²) in [6.07, 6.45) is 5.77. The summed E-state index contributed by atoms with van der Waals surface area (Å²) in [6, 6.07) is 9.02. The fraction of sp³-hybridized carbons (Fsp3) is 0.263. The van der Waals surface area contributed by atoms with Crippen LogP contribution >= 0.6 is 0 Å². The molecule has 0 aromatic carbocycles. The van der Waals surface area contributed by atoms with Crippen molar-refractivity contribution >= 4 is 17.3 Å². The van der Waals surface area contributed by atoms with Gasteiger partial charge in [-0.3, -0.25) is 19.0 Å². The zero-order chi connectivity index (χ0) is 19.1. The van der Waals surface area contributed by atoms with Gasteiger partial charge in [-0.1, -0.05) is 12.1 Å². The number of nitrogens with zero attached hydrogens (tertiary/aromatic N) is 3. The monoisotopic (exact) mass is 367 g/mol. The second-order valence-corrected chi connectivity index (χ2v) is 5.89. The van der Waals surface area contributed by atoms with Gasteiger partial charge in [0.05, 0.1) is 5.52 Å². The number of imidazole rings is 1. The maximum Gasteiger partial charge on any atom is 0.287 e.